The minimum absolute atomic E-state index is 0.154. The lowest BCUT2D eigenvalue weighted by molar-refractivity contribution is 0.137. The Balaban J connectivity index is 2.25. The second kappa shape index (κ2) is 6.93. The van der Waals surface area contributed by atoms with Gasteiger partial charge in [-0.2, -0.15) is 0 Å². The van der Waals surface area contributed by atoms with E-state index in [-0.39, 0.29) is 6.10 Å². The van der Waals surface area contributed by atoms with Gasteiger partial charge in [-0.05, 0) is 49.3 Å². The third-order valence-corrected chi connectivity index (χ3v) is 2.87. The molecule has 0 aliphatic heterocycles. The smallest absolute Gasteiger partial charge is 0.0542 e. The van der Waals surface area contributed by atoms with Gasteiger partial charge in [0.25, 0.3) is 0 Å². The molecule has 0 aromatic heterocycles. The molecule has 0 fully saturated rings. The molecule has 0 bridgehead atoms. The van der Waals surface area contributed by atoms with Crippen LogP contribution in [0.1, 0.15) is 38.7 Å². The Morgan fingerprint density at radius 3 is 2.69 bits per heavy atom. The summed E-state index contributed by atoms with van der Waals surface area (Å²) in [6.45, 7) is 4.28. The van der Waals surface area contributed by atoms with Crippen LogP contribution in [0.15, 0.2) is 24.3 Å². The third-order valence-electron chi connectivity index (χ3n) is 2.64. The molecule has 0 aliphatic carbocycles. The van der Waals surface area contributed by atoms with Crippen LogP contribution in [-0.2, 0) is 6.42 Å². The molecule has 0 radical (unpaired) electrons. The van der Waals surface area contributed by atoms with Gasteiger partial charge in [-0.15, -0.1) is 0 Å². The average Bonchev–Trinajstić information content (AvgIpc) is 2.16. The second-order valence-electron chi connectivity index (χ2n) is 4.81. The molecule has 0 saturated carbocycles. The first-order valence-corrected chi connectivity index (χ1v) is 6.38. The summed E-state index contributed by atoms with van der Waals surface area (Å²) in [7, 11) is 0. The topological polar surface area (TPSA) is 20.2 Å². The van der Waals surface area contributed by atoms with Crippen LogP contribution < -0.4 is 0 Å². The Hall–Kier alpha value is -0.530. The van der Waals surface area contributed by atoms with E-state index in [1.807, 2.05) is 18.2 Å². The lowest BCUT2D eigenvalue weighted by atomic mass is 10.00. The number of aryl methyl sites for hydroxylation is 1. The molecule has 1 aromatic carbocycles. The summed E-state index contributed by atoms with van der Waals surface area (Å²) in [6.07, 6.45) is 3.64. The molecule has 1 rings (SSSR count). The lowest BCUT2D eigenvalue weighted by Crippen LogP contribution is -2.10. The number of halogens is 1. The van der Waals surface area contributed by atoms with Crippen LogP contribution in [0.2, 0.25) is 5.02 Å². The number of rotatable bonds is 6. The van der Waals surface area contributed by atoms with Crippen LogP contribution in [0, 0.1) is 5.92 Å². The minimum Gasteiger partial charge on any atom is -0.393 e. The Kier molecular flexibility index (Phi) is 5.86. The van der Waals surface area contributed by atoms with E-state index in [9.17, 15) is 5.11 Å². The van der Waals surface area contributed by atoms with E-state index in [0.717, 1.165) is 30.7 Å². The number of aliphatic hydroxyl groups excluding tert-OH is 1. The Bertz CT molecular complexity index is 309. The summed E-state index contributed by atoms with van der Waals surface area (Å²) in [5.41, 5.74) is 1.25. The van der Waals surface area contributed by atoms with Crippen LogP contribution in [-0.4, -0.2) is 11.2 Å². The Morgan fingerprint density at radius 1 is 1.31 bits per heavy atom. The van der Waals surface area contributed by atoms with Crippen molar-refractivity contribution >= 4 is 11.6 Å². The zero-order valence-corrected chi connectivity index (χ0v) is 10.9. The fourth-order valence-corrected chi connectivity index (χ4v) is 2.11. The van der Waals surface area contributed by atoms with E-state index >= 15 is 0 Å². The van der Waals surface area contributed by atoms with Crippen molar-refractivity contribution in [2.24, 2.45) is 5.92 Å². The zero-order chi connectivity index (χ0) is 12.0. The lowest BCUT2D eigenvalue weighted by Gasteiger charge is -2.12. The van der Waals surface area contributed by atoms with Gasteiger partial charge in [-0.3, -0.25) is 0 Å². The predicted octanol–water partition coefficient (Wildman–Crippen LogP) is 4.07. The fraction of sp³-hybridized carbons (Fsp3) is 0.571. The maximum absolute atomic E-state index is 9.73. The predicted molar refractivity (Wildman–Crippen MR) is 69.9 cm³/mol. The first-order chi connectivity index (χ1) is 7.58. The van der Waals surface area contributed by atoms with Crippen molar-refractivity contribution in [3.05, 3.63) is 34.9 Å². The zero-order valence-electron chi connectivity index (χ0n) is 10.1. The molecule has 0 aliphatic rings. The number of aliphatic hydroxyl groups is 1. The van der Waals surface area contributed by atoms with E-state index in [1.54, 1.807) is 0 Å². The molecule has 0 heterocycles. The van der Waals surface area contributed by atoms with Gasteiger partial charge in [-0.25, -0.2) is 0 Å². The summed E-state index contributed by atoms with van der Waals surface area (Å²) in [4.78, 5) is 0. The van der Waals surface area contributed by atoms with E-state index < -0.39 is 0 Å². The molecular formula is C14H21ClO. The summed E-state index contributed by atoms with van der Waals surface area (Å²) in [5, 5.41) is 10.5. The van der Waals surface area contributed by atoms with Crippen LogP contribution in [0.25, 0.3) is 0 Å². The van der Waals surface area contributed by atoms with Gasteiger partial charge >= 0.3 is 0 Å². The van der Waals surface area contributed by atoms with Crippen LogP contribution >= 0.6 is 11.6 Å². The van der Waals surface area contributed by atoms with Crippen molar-refractivity contribution < 1.29 is 5.11 Å². The van der Waals surface area contributed by atoms with Crippen molar-refractivity contribution in [1.29, 1.82) is 0 Å². The molecule has 1 N–H and O–H groups in total. The molecule has 1 aromatic rings. The summed E-state index contributed by atoms with van der Waals surface area (Å²) in [5.74, 6) is 0.571. The van der Waals surface area contributed by atoms with Crippen molar-refractivity contribution in [1.82, 2.24) is 0 Å². The highest BCUT2D eigenvalue weighted by Crippen LogP contribution is 2.15. The van der Waals surface area contributed by atoms with Crippen molar-refractivity contribution in [3.63, 3.8) is 0 Å². The third kappa shape index (κ3) is 5.53. The van der Waals surface area contributed by atoms with Gasteiger partial charge in [0.2, 0.25) is 0 Å². The molecule has 0 amide bonds. The molecular weight excluding hydrogens is 220 g/mol. The summed E-state index contributed by atoms with van der Waals surface area (Å²) >= 11 is 5.91. The first-order valence-electron chi connectivity index (χ1n) is 6.00. The SMILES string of the molecule is CC(C)CC(O)CCCc1cccc(Cl)c1. The van der Waals surface area contributed by atoms with E-state index in [1.165, 1.54) is 5.56 Å². The molecule has 1 nitrogen and oxygen atoms in total. The summed E-state index contributed by atoms with van der Waals surface area (Å²) < 4.78 is 0. The minimum atomic E-state index is -0.154. The average molecular weight is 241 g/mol. The van der Waals surface area contributed by atoms with Crippen LogP contribution in [0.3, 0.4) is 0 Å². The molecule has 0 saturated heterocycles. The van der Waals surface area contributed by atoms with Crippen LogP contribution in [0.5, 0.6) is 0 Å². The highest BCUT2D eigenvalue weighted by molar-refractivity contribution is 6.30. The fourth-order valence-electron chi connectivity index (χ4n) is 1.90. The Morgan fingerprint density at radius 2 is 2.06 bits per heavy atom. The maximum Gasteiger partial charge on any atom is 0.0542 e. The normalized spacial score (nSPS) is 13.1. The molecule has 1 unspecified atom stereocenters. The molecule has 16 heavy (non-hydrogen) atoms. The highest BCUT2D eigenvalue weighted by atomic mass is 35.5. The molecule has 1 atom stereocenters. The molecule has 90 valence electrons. The van der Waals surface area contributed by atoms with Gasteiger partial charge < -0.3 is 5.11 Å². The second-order valence-corrected chi connectivity index (χ2v) is 5.24. The van der Waals surface area contributed by atoms with Gasteiger partial charge in [0, 0.05) is 5.02 Å². The van der Waals surface area contributed by atoms with E-state index in [0.29, 0.717) is 5.92 Å². The number of benzene rings is 1. The van der Waals surface area contributed by atoms with Crippen molar-refractivity contribution in [3.8, 4) is 0 Å². The first kappa shape index (κ1) is 13.5. The van der Waals surface area contributed by atoms with Crippen molar-refractivity contribution in [2.75, 3.05) is 0 Å². The molecule has 0 spiro atoms. The van der Waals surface area contributed by atoms with E-state index in [2.05, 4.69) is 19.9 Å². The van der Waals surface area contributed by atoms with Gasteiger partial charge in [0.05, 0.1) is 6.10 Å². The Labute approximate surface area is 103 Å². The van der Waals surface area contributed by atoms with Gasteiger partial charge in [0.1, 0.15) is 0 Å². The summed E-state index contributed by atoms with van der Waals surface area (Å²) in [6, 6.07) is 7.94. The van der Waals surface area contributed by atoms with Gasteiger partial charge in [-0.1, -0.05) is 37.6 Å². The van der Waals surface area contributed by atoms with Crippen molar-refractivity contribution in [2.45, 2.75) is 45.6 Å². The van der Waals surface area contributed by atoms with Gasteiger partial charge in [0.15, 0.2) is 0 Å². The maximum atomic E-state index is 9.73. The van der Waals surface area contributed by atoms with Crippen LogP contribution in [0.4, 0.5) is 0 Å². The largest absolute Gasteiger partial charge is 0.393 e. The van der Waals surface area contributed by atoms with E-state index in [4.69, 9.17) is 11.6 Å². The standard InChI is InChI=1S/C14H21ClO/c1-11(2)9-14(16)8-4-6-12-5-3-7-13(15)10-12/h3,5,7,10-11,14,16H,4,6,8-9H2,1-2H3. The molecule has 2 heteroatoms. The number of hydrogen-bond donors (Lipinski definition) is 1. The monoisotopic (exact) mass is 240 g/mol. The highest BCUT2D eigenvalue weighted by Gasteiger charge is 2.06. The quantitative estimate of drug-likeness (QED) is 0.795. The number of hydrogen-bond acceptors (Lipinski definition) is 1.